The lowest BCUT2D eigenvalue weighted by Gasteiger charge is -2.16. The average molecular weight is 383 g/mol. The number of benzene rings is 1. The summed E-state index contributed by atoms with van der Waals surface area (Å²) in [4.78, 5) is 23.4. The van der Waals surface area contributed by atoms with E-state index >= 15 is 0 Å². The highest BCUT2D eigenvalue weighted by Gasteiger charge is 2.17. The number of halogens is 2. The minimum atomic E-state index is -0.503. The van der Waals surface area contributed by atoms with Gasteiger partial charge in [0.05, 0.1) is 17.8 Å². The van der Waals surface area contributed by atoms with Gasteiger partial charge in [0.1, 0.15) is 10.3 Å². The highest BCUT2D eigenvalue weighted by Crippen LogP contribution is 2.17. The first-order chi connectivity index (χ1) is 10.9. The van der Waals surface area contributed by atoms with Crippen LogP contribution in [0.25, 0.3) is 0 Å². The molecular formula is C15H16BrFN4O2. The second-order valence-corrected chi connectivity index (χ2v) is 5.90. The number of rotatable bonds is 6. The van der Waals surface area contributed by atoms with Gasteiger partial charge in [-0.2, -0.15) is 5.10 Å². The SMILES string of the molecule is Cn1ncc(NCC(Cc2ccc(F)cc2)C(N)=O)c(Br)c1=O. The quantitative estimate of drug-likeness (QED) is 0.790. The number of aromatic nitrogens is 2. The summed E-state index contributed by atoms with van der Waals surface area (Å²) in [6.07, 6.45) is 1.86. The molecule has 1 amide bonds. The number of amides is 1. The van der Waals surface area contributed by atoms with E-state index in [4.69, 9.17) is 5.73 Å². The summed E-state index contributed by atoms with van der Waals surface area (Å²) in [6, 6.07) is 5.90. The Bertz CT molecular complexity index is 761. The van der Waals surface area contributed by atoms with Crippen molar-refractivity contribution in [3.05, 3.63) is 56.7 Å². The van der Waals surface area contributed by atoms with E-state index in [0.717, 1.165) is 5.56 Å². The van der Waals surface area contributed by atoms with Crippen molar-refractivity contribution in [1.29, 1.82) is 0 Å². The molecule has 6 nitrogen and oxygen atoms in total. The first-order valence-corrected chi connectivity index (χ1v) is 7.67. The molecule has 1 heterocycles. The molecule has 1 aromatic carbocycles. The second kappa shape index (κ2) is 7.36. The van der Waals surface area contributed by atoms with E-state index in [9.17, 15) is 14.0 Å². The minimum Gasteiger partial charge on any atom is -0.382 e. The zero-order valence-corrected chi connectivity index (χ0v) is 14.0. The zero-order valence-electron chi connectivity index (χ0n) is 12.4. The molecular weight excluding hydrogens is 367 g/mol. The Morgan fingerprint density at radius 2 is 2.09 bits per heavy atom. The van der Waals surface area contributed by atoms with Gasteiger partial charge in [-0.05, 0) is 40.0 Å². The van der Waals surface area contributed by atoms with Crippen molar-refractivity contribution in [2.24, 2.45) is 18.7 Å². The van der Waals surface area contributed by atoms with Gasteiger partial charge in [-0.1, -0.05) is 12.1 Å². The number of primary amides is 1. The van der Waals surface area contributed by atoms with Gasteiger partial charge in [-0.3, -0.25) is 9.59 Å². The van der Waals surface area contributed by atoms with Crippen LogP contribution in [-0.2, 0) is 18.3 Å². The van der Waals surface area contributed by atoms with Crippen LogP contribution in [0.2, 0.25) is 0 Å². The van der Waals surface area contributed by atoms with Crippen LogP contribution in [-0.4, -0.2) is 22.2 Å². The maximum Gasteiger partial charge on any atom is 0.282 e. The smallest absolute Gasteiger partial charge is 0.282 e. The van der Waals surface area contributed by atoms with Crippen LogP contribution in [0.4, 0.5) is 10.1 Å². The van der Waals surface area contributed by atoms with Gasteiger partial charge < -0.3 is 11.1 Å². The highest BCUT2D eigenvalue weighted by molar-refractivity contribution is 9.10. The number of nitrogens with zero attached hydrogens (tertiary/aromatic N) is 2. The van der Waals surface area contributed by atoms with Crippen LogP contribution < -0.4 is 16.6 Å². The molecule has 1 atom stereocenters. The third kappa shape index (κ3) is 4.38. The normalized spacial score (nSPS) is 12.0. The Labute approximate surface area is 140 Å². The van der Waals surface area contributed by atoms with Crippen LogP contribution in [0.1, 0.15) is 5.56 Å². The first-order valence-electron chi connectivity index (χ1n) is 6.88. The van der Waals surface area contributed by atoms with Crippen LogP contribution in [0.5, 0.6) is 0 Å². The molecule has 2 aromatic rings. The monoisotopic (exact) mass is 382 g/mol. The van der Waals surface area contributed by atoms with Gasteiger partial charge in [0.2, 0.25) is 5.91 Å². The van der Waals surface area contributed by atoms with Crippen LogP contribution in [0.15, 0.2) is 39.7 Å². The van der Waals surface area contributed by atoms with Gasteiger partial charge in [0.15, 0.2) is 0 Å². The topological polar surface area (TPSA) is 90.0 Å². The van der Waals surface area contributed by atoms with Crippen LogP contribution >= 0.6 is 15.9 Å². The van der Waals surface area contributed by atoms with Crippen molar-refractivity contribution in [2.75, 3.05) is 11.9 Å². The molecule has 2 rings (SSSR count). The highest BCUT2D eigenvalue weighted by atomic mass is 79.9. The molecule has 0 bridgehead atoms. The van der Waals surface area contributed by atoms with Gasteiger partial charge in [0, 0.05) is 13.6 Å². The molecule has 1 aromatic heterocycles. The van der Waals surface area contributed by atoms with Crippen molar-refractivity contribution in [1.82, 2.24) is 9.78 Å². The molecule has 0 saturated heterocycles. The summed E-state index contributed by atoms with van der Waals surface area (Å²) in [5.74, 6) is -1.32. The number of hydrogen-bond donors (Lipinski definition) is 2. The predicted molar refractivity (Wildman–Crippen MR) is 88.5 cm³/mol. The Hall–Kier alpha value is -2.22. The molecule has 0 fully saturated rings. The summed E-state index contributed by atoms with van der Waals surface area (Å²) in [5, 5.41) is 6.91. The number of carbonyl (C=O) groups is 1. The molecule has 1 unspecified atom stereocenters. The zero-order chi connectivity index (χ0) is 17.0. The average Bonchev–Trinajstić information content (AvgIpc) is 2.52. The van der Waals surface area contributed by atoms with Gasteiger partial charge >= 0.3 is 0 Å². The Morgan fingerprint density at radius 1 is 1.43 bits per heavy atom. The molecule has 0 aliphatic carbocycles. The van der Waals surface area contributed by atoms with E-state index in [1.165, 1.54) is 30.1 Å². The minimum absolute atomic E-state index is 0.236. The summed E-state index contributed by atoms with van der Waals surface area (Å²) < 4.78 is 14.4. The number of aryl methyl sites for hydroxylation is 1. The Balaban J connectivity index is 2.08. The number of nitrogens with one attached hydrogen (secondary N) is 1. The third-order valence-corrected chi connectivity index (χ3v) is 4.18. The number of nitrogens with two attached hydrogens (primary N) is 1. The van der Waals surface area contributed by atoms with Crippen LogP contribution in [0.3, 0.4) is 0 Å². The number of carbonyl (C=O) groups excluding carboxylic acids is 1. The molecule has 0 aliphatic rings. The van der Waals surface area contributed by atoms with E-state index in [1.54, 1.807) is 12.1 Å². The molecule has 8 heteroatoms. The third-order valence-electron chi connectivity index (χ3n) is 3.41. The lowest BCUT2D eigenvalue weighted by Crippen LogP contribution is -2.32. The second-order valence-electron chi connectivity index (χ2n) is 5.11. The molecule has 122 valence electrons. The maximum absolute atomic E-state index is 12.9. The van der Waals surface area contributed by atoms with Gasteiger partial charge in [-0.15, -0.1) is 0 Å². The predicted octanol–water partition coefficient (Wildman–Crippen LogP) is 1.44. The lowest BCUT2D eigenvalue weighted by atomic mass is 9.98. The number of hydrogen-bond acceptors (Lipinski definition) is 4. The fourth-order valence-electron chi connectivity index (χ4n) is 2.05. The summed E-state index contributed by atoms with van der Waals surface area (Å²) in [5.41, 5.74) is 6.43. The molecule has 0 radical (unpaired) electrons. The molecule has 23 heavy (non-hydrogen) atoms. The maximum atomic E-state index is 12.9. The van der Waals surface area contributed by atoms with E-state index in [2.05, 4.69) is 26.3 Å². The summed E-state index contributed by atoms with van der Waals surface area (Å²) >= 11 is 3.20. The molecule has 0 aliphatic heterocycles. The first kappa shape index (κ1) is 17.1. The van der Waals surface area contributed by atoms with E-state index in [1.807, 2.05) is 0 Å². The van der Waals surface area contributed by atoms with E-state index < -0.39 is 11.8 Å². The van der Waals surface area contributed by atoms with E-state index in [0.29, 0.717) is 16.6 Å². The molecule has 3 N–H and O–H groups in total. The van der Waals surface area contributed by atoms with Gasteiger partial charge in [0.25, 0.3) is 5.56 Å². The number of anilines is 1. The molecule has 0 saturated carbocycles. The molecule has 0 spiro atoms. The van der Waals surface area contributed by atoms with Crippen LogP contribution in [0, 0.1) is 11.7 Å². The fourth-order valence-corrected chi connectivity index (χ4v) is 2.54. The Morgan fingerprint density at radius 3 is 2.70 bits per heavy atom. The van der Waals surface area contributed by atoms with Gasteiger partial charge in [-0.25, -0.2) is 9.07 Å². The van der Waals surface area contributed by atoms with Crippen molar-refractivity contribution in [3.8, 4) is 0 Å². The van der Waals surface area contributed by atoms with Crippen molar-refractivity contribution in [2.45, 2.75) is 6.42 Å². The van der Waals surface area contributed by atoms with Crippen molar-refractivity contribution < 1.29 is 9.18 Å². The fraction of sp³-hybridized carbons (Fsp3) is 0.267. The standard InChI is InChI=1S/C15H16BrFN4O2/c1-21-15(23)13(16)12(8-20-21)19-7-10(14(18)22)6-9-2-4-11(17)5-3-9/h2-5,8,10,19H,6-7H2,1H3,(H2,18,22). The Kier molecular flexibility index (Phi) is 5.49. The van der Waals surface area contributed by atoms with Crippen molar-refractivity contribution >= 4 is 27.5 Å². The van der Waals surface area contributed by atoms with Crippen molar-refractivity contribution in [3.63, 3.8) is 0 Å². The summed E-state index contributed by atoms with van der Waals surface area (Å²) in [7, 11) is 1.54. The van der Waals surface area contributed by atoms with E-state index in [-0.39, 0.29) is 17.9 Å². The lowest BCUT2D eigenvalue weighted by molar-refractivity contribution is -0.121. The largest absolute Gasteiger partial charge is 0.382 e. The summed E-state index contributed by atoms with van der Waals surface area (Å²) in [6.45, 7) is 0.236.